The predicted octanol–water partition coefficient (Wildman–Crippen LogP) is 11.7. The highest BCUT2D eigenvalue weighted by atomic mass is 19.4. The van der Waals surface area contributed by atoms with Gasteiger partial charge in [-0.3, -0.25) is 0 Å². The van der Waals surface area contributed by atoms with Crippen molar-refractivity contribution in [3.63, 3.8) is 0 Å². The van der Waals surface area contributed by atoms with Crippen LogP contribution in [0.5, 0.6) is 0 Å². The van der Waals surface area contributed by atoms with Gasteiger partial charge in [0.15, 0.2) is 0 Å². The van der Waals surface area contributed by atoms with E-state index in [9.17, 15) is 13.2 Å². The molecule has 7 aromatic rings. The van der Waals surface area contributed by atoms with Crippen molar-refractivity contribution < 1.29 is 13.2 Å². The molecule has 230 valence electrons. The van der Waals surface area contributed by atoms with E-state index in [1.807, 2.05) is 67.6 Å². The number of fused-ring (bicyclic) bond motifs is 6. The highest BCUT2D eigenvalue weighted by Gasteiger charge is 2.36. The van der Waals surface area contributed by atoms with E-state index in [1.165, 1.54) is 12.2 Å². The Morgan fingerprint density at radius 3 is 1.70 bits per heavy atom. The number of hydrogen-bond acceptors (Lipinski definition) is 2. The van der Waals surface area contributed by atoms with Gasteiger partial charge in [-0.15, -0.1) is 0 Å². The van der Waals surface area contributed by atoms with Crippen LogP contribution in [-0.4, -0.2) is 15.7 Å². The van der Waals surface area contributed by atoms with Crippen LogP contribution in [0.25, 0.3) is 44.0 Å². The van der Waals surface area contributed by atoms with Gasteiger partial charge in [-0.25, -0.2) is 4.98 Å². The highest BCUT2D eigenvalue weighted by Crippen LogP contribution is 2.44. The zero-order chi connectivity index (χ0) is 32.1. The van der Waals surface area contributed by atoms with Crippen LogP contribution >= 0.6 is 0 Å². The maximum atomic E-state index is 13.8. The van der Waals surface area contributed by atoms with Crippen molar-refractivity contribution in [2.75, 3.05) is 4.90 Å². The summed E-state index contributed by atoms with van der Waals surface area (Å²) in [6, 6.07) is 44.7. The Kier molecular flexibility index (Phi) is 6.94. The van der Waals surface area contributed by atoms with Gasteiger partial charge in [0.1, 0.15) is 5.82 Å². The third-order valence-electron chi connectivity index (χ3n) is 9.06. The summed E-state index contributed by atoms with van der Waals surface area (Å²) >= 11 is 0. The number of halogens is 3. The summed E-state index contributed by atoms with van der Waals surface area (Å²) in [6.45, 7) is 1.85. The van der Waals surface area contributed by atoms with Gasteiger partial charge >= 0.3 is 6.18 Å². The molecule has 1 aliphatic rings. The minimum atomic E-state index is -4.41. The molecule has 1 aromatic heterocycles. The number of aromatic nitrogens is 2. The Balaban J connectivity index is 1.35. The molecule has 0 amide bonds. The van der Waals surface area contributed by atoms with Gasteiger partial charge in [-0.05, 0) is 65.2 Å². The van der Waals surface area contributed by atoms with Crippen molar-refractivity contribution in [1.82, 2.24) is 9.55 Å². The fourth-order valence-electron chi connectivity index (χ4n) is 6.91. The van der Waals surface area contributed by atoms with Crippen molar-refractivity contribution >= 4 is 49.6 Å². The van der Waals surface area contributed by atoms with Crippen molar-refractivity contribution in [2.45, 2.75) is 19.1 Å². The fraction of sp³-hybridized carbons (Fsp3) is 0.0976. The smallest absolute Gasteiger partial charge is 0.316 e. The number of rotatable bonds is 5. The topological polar surface area (TPSA) is 21.1 Å². The fourth-order valence-corrected chi connectivity index (χ4v) is 6.91. The average molecular weight is 622 g/mol. The average Bonchev–Trinajstić information content (AvgIpc) is 3.50. The van der Waals surface area contributed by atoms with E-state index in [4.69, 9.17) is 4.98 Å². The van der Waals surface area contributed by atoms with Crippen molar-refractivity contribution in [2.24, 2.45) is 5.92 Å². The number of nitrogens with zero attached hydrogens (tertiary/aromatic N) is 3. The summed E-state index contributed by atoms with van der Waals surface area (Å²) in [6.07, 6.45) is -0.172. The molecule has 2 unspecified atom stereocenters. The van der Waals surface area contributed by atoms with Gasteiger partial charge in [-0.1, -0.05) is 110 Å². The Labute approximate surface area is 270 Å². The maximum Gasteiger partial charge on any atom is 0.416 e. The lowest BCUT2D eigenvalue weighted by molar-refractivity contribution is -0.0890. The minimum Gasteiger partial charge on any atom is -0.316 e. The van der Waals surface area contributed by atoms with Gasteiger partial charge in [0.25, 0.3) is 0 Å². The summed E-state index contributed by atoms with van der Waals surface area (Å²) < 4.78 is 43.5. The first kappa shape index (κ1) is 28.8. The number of allylic oxidation sites excluding steroid dienone is 4. The van der Waals surface area contributed by atoms with Crippen molar-refractivity contribution in [1.29, 1.82) is 0 Å². The summed E-state index contributed by atoms with van der Waals surface area (Å²) in [5.74, 6) is 0.285. The SMILES string of the molecule is CC1C=C(C(F)(F)F)C=CC1n1c(-c2ccc(N(c3ccccc3)c3ccccc3)cc2)nc2c3ccccc3c3ccccc3c21. The van der Waals surface area contributed by atoms with Gasteiger partial charge in [0.05, 0.1) is 22.6 Å². The Hall–Kier alpha value is -5.62. The van der Waals surface area contributed by atoms with Crippen LogP contribution in [-0.2, 0) is 0 Å². The molecule has 0 saturated heterocycles. The van der Waals surface area contributed by atoms with E-state index in [1.54, 1.807) is 6.08 Å². The van der Waals surface area contributed by atoms with Gasteiger partial charge < -0.3 is 9.47 Å². The number of hydrogen-bond donors (Lipinski definition) is 0. The zero-order valence-electron chi connectivity index (χ0n) is 25.6. The minimum absolute atomic E-state index is 0.379. The number of para-hydroxylation sites is 2. The van der Waals surface area contributed by atoms with Gasteiger partial charge in [0.2, 0.25) is 0 Å². The summed E-state index contributed by atoms with van der Waals surface area (Å²) in [5.41, 5.74) is 5.06. The zero-order valence-corrected chi connectivity index (χ0v) is 25.6. The summed E-state index contributed by atoms with van der Waals surface area (Å²) in [7, 11) is 0. The van der Waals surface area contributed by atoms with Crippen LogP contribution in [0.1, 0.15) is 13.0 Å². The van der Waals surface area contributed by atoms with E-state index >= 15 is 0 Å². The first-order valence-corrected chi connectivity index (χ1v) is 15.7. The molecule has 0 fully saturated rings. The first-order chi connectivity index (χ1) is 22.9. The molecule has 47 heavy (non-hydrogen) atoms. The lowest BCUT2D eigenvalue weighted by Crippen LogP contribution is -2.21. The van der Waals surface area contributed by atoms with Crippen LogP contribution in [0.3, 0.4) is 0 Å². The van der Waals surface area contributed by atoms with E-state index < -0.39 is 17.7 Å². The molecule has 6 aromatic carbocycles. The van der Waals surface area contributed by atoms with E-state index in [0.29, 0.717) is 5.82 Å². The van der Waals surface area contributed by atoms with Crippen LogP contribution < -0.4 is 4.90 Å². The molecule has 2 atom stereocenters. The lowest BCUT2D eigenvalue weighted by atomic mass is 9.91. The summed E-state index contributed by atoms with van der Waals surface area (Å²) in [5, 5.41) is 4.20. The number of alkyl halides is 3. The third kappa shape index (κ3) is 4.97. The molecule has 1 heterocycles. The van der Waals surface area contributed by atoms with Crippen molar-refractivity contribution in [3.8, 4) is 11.4 Å². The molecule has 6 heteroatoms. The molecule has 1 aliphatic carbocycles. The molecule has 0 spiro atoms. The van der Waals surface area contributed by atoms with E-state index in [2.05, 4.69) is 82.3 Å². The summed E-state index contributed by atoms with van der Waals surface area (Å²) in [4.78, 5) is 7.50. The second-order valence-corrected chi connectivity index (χ2v) is 12.0. The molecule has 0 bridgehead atoms. The van der Waals surface area contributed by atoms with Crippen LogP contribution in [0, 0.1) is 5.92 Å². The largest absolute Gasteiger partial charge is 0.416 e. The van der Waals surface area contributed by atoms with Crippen LogP contribution in [0.4, 0.5) is 30.2 Å². The molecule has 0 aliphatic heterocycles. The van der Waals surface area contributed by atoms with Crippen LogP contribution in [0.2, 0.25) is 0 Å². The second-order valence-electron chi connectivity index (χ2n) is 12.0. The number of benzene rings is 6. The first-order valence-electron chi connectivity index (χ1n) is 15.7. The Bertz CT molecular complexity index is 2260. The van der Waals surface area contributed by atoms with E-state index in [0.717, 1.165) is 55.2 Å². The normalized spacial score (nSPS) is 16.6. The molecule has 3 nitrogen and oxygen atoms in total. The third-order valence-corrected chi connectivity index (χ3v) is 9.06. The van der Waals surface area contributed by atoms with Gasteiger partial charge in [0, 0.05) is 33.4 Å². The monoisotopic (exact) mass is 621 g/mol. The van der Waals surface area contributed by atoms with Crippen molar-refractivity contribution in [3.05, 3.63) is 157 Å². The molecule has 0 N–H and O–H groups in total. The molecule has 0 radical (unpaired) electrons. The predicted molar refractivity (Wildman–Crippen MR) is 186 cm³/mol. The molecule has 8 rings (SSSR count). The van der Waals surface area contributed by atoms with E-state index in [-0.39, 0.29) is 6.04 Å². The molecule has 0 saturated carbocycles. The second kappa shape index (κ2) is 11.3. The quantitative estimate of drug-likeness (QED) is 0.178. The Morgan fingerprint density at radius 1 is 0.617 bits per heavy atom. The number of anilines is 3. The van der Waals surface area contributed by atoms with Crippen LogP contribution in [0.15, 0.2) is 157 Å². The Morgan fingerprint density at radius 2 is 1.13 bits per heavy atom. The molecular formula is C41H30F3N3. The maximum absolute atomic E-state index is 13.8. The number of imidazole rings is 1. The standard InChI is InChI=1S/C41H30F3N3/c1-27-26-29(41(42,43)44)22-25-37(27)47-39-36-19-11-9-17-34(36)33-16-8-10-18-35(33)38(39)45-40(47)28-20-23-32(24-21-28)46(30-12-4-2-5-13-30)31-14-6-3-7-15-31/h2-27,37H,1H3. The lowest BCUT2D eigenvalue weighted by Gasteiger charge is -2.28. The van der Waals surface area contributed by atoms with Gasteiger partial charge in [-0.2, -0.15) is 13.2 Å². The molecular weight excluding hydrogens is 591 g/mol. The highest BCUT2D eigenvalue weighted by molar-refractivity contribution is 6.23.